The number of carbonyl (C=O) groups is 2. The number of hydrogen-bond donors (Lipinski definition) is 0. The first-order valence-electron chi connectivity index (χ1n) is 12.2. The van der Waals surface area contributed by atoms with Gasteiger partial charge in [-0.15, -0.1) is 0 Å². The zero-order valence-electron chi connectivity index (χ0n) is 20.9. The summed E-state index contributed by atoms with van der Waals surface area (Å²) in [7, 11) is -3.88. The van der Waals surface area contributed by atoms with Crippen molar-refractivity contribution < 1.29 is 31.2 Å². The van der Waals surface area contributed by atoms with Crippen molar-refractivity contribution in [1.29, 1.82) is 5.26 Å². The van der Waals surface area contributed by atoms with Gasteiger partial charge in [-0.1, -0.05) is 25.5 Å². The van der Waals surface area contributed by atoms with Crippen LogP contribution in [0, 0.1) is 11.3 Å². The molecular weight excluding hydrogens is 519 g/mol. The summed E-state index contributed by atoms with van der Waals surface area (Å²) in [6.07, 6.45) is -1.65. The van der Waals surface area contributed by atoms with Crippen molar-refractivity contribution in [2.24, 2.45) is 0 Å². The van der Waals surface area contributed by atoms with Crippen LogP contribution >= 0.6 is 0 Å². The highest BCUT2D eigenvalue weighted by atomic mass is 32.2. The molecule has 2 aromatic rings. The standard InChI is InChI=1S/C27H26F3N3O4S/c1-3-4-13-32-25(20-12-11-17(16-31)14-23(20)38(2,36)37)24-21(9-6-10-22(24)34)33(26(32)35)19-8-5-7-18(15-19)27(28,29)30/h5,7-8,11-12,14-15,25H,3-4,6,9-10,13H2,1-2H3. The minimum absolute atomic E-state index is 0.0184. The number of anilines is 1. The average molecular weight is 546 g/mol. The molecule has 1 atom stereocenters. The van der Waals surface area contributed by atoms with Gasteiger partial charge in [-0.25, -0.2) is 13.2 Å². The van der Waals surface area contributed by atoms with Gasteiger partial charge in [0.2, 0.25) is 0 Å². The first-order chi connectivity index (χ1) is 17.9. The first kappa shape index (κ1) is 27.4. The molecule has 1 aliphatic carbocycles. The van der Waals surface area contributed by atoms with Gasteiger partial charge in [0.1, 0.15) is 0 Å². The molecule has 0 N–H and O–H groups in total. The molecule has 7 nitrogen and oxygen atoms in total. The number of hydrogen-bond acceptors (Lipinski definition) is 5. The summed E-state index contributed by atoms with van der Waals surface area (Å²) in [5, 5.41) is 9.35. The molecular formula is C27H26F3N3O4S. The van der Waals surface area contributed by atoms with Crippen LogP contribution in [-0.2, 0) is 20.8 Å². The van der Waals surface area contributed by atoms with Crippen LogP contribution in [0.25, 0.3) is 0 Å². The van der Waals surface area contributed by atoms with Gasteiger partial charge in [0, 0.05) is 30.5 Å². The molecule has 2 amide bonds. The Morgan fingerprint density at radius 1 is 1.11 bits per heavy atom. The zero-order valence-corrected chi connectivity index (χ0v) is 21.7. The normalized spacial score (nSPS) is 18.5. The number of halogens is 3. The van der Waals surface area contributed by atoms with Crippen LogP contribution in [0.1, 0.15) is 61.8 Å². The number of amides is 2. The number of rotatable bonds is 6. The minimum atomic E-state index is -4.63. The number of benzene rings is 2. The van der Waals surface area contributed by atoms with E-state index < -0.39 is 33.6 Å². The van der Waals surface area contributed by atoms with Crippen molar-refractivity contribution in [3.05, 3.63) is 70.4 Å². The second kappa shape index (κ2) is 10.3. The van der Waals surface area contributed by atoms with Crippen molar-refractivity contribution in [3.8, 4) is 6.07 Å². The summed E-state index contributed by atoms with van der Waals surface area (Å²) < 4.78 is 66.1. The van der Waals surface area contributed by atoms with Crippen LogP contribution in [0.5, 0.6) is 0 Å². The van der Waals surface area contributed by atoms with Gasteiger partial charge >= 0.3 is 12.2 Å². The van der Waals surface area contributed by atoms with Gasteiger partial charge in [0.25, 0.3) is 0 Å². The number of carbonyl (C=O) groups excluding carboxylic acids is 2. The molecule has 0 bridgehead atoms. The Labute approximate surface area is 219 Å². The minimum Gasteiger partial charge on any atom is -0.313 e. The Hall–Kier alpha value is -3.65. The molecule has 4 rings (SSSR count). The zero-order chi connectivity index (χ0) is 27.8. The Morgan fingerprint density at radius 3 is 2.47 bits per heavy atom. The van der Waals surface area contributed by atoms with Crippen LogP contribution in [-0.4, -0.2) is 37.9 Å². The van der Waals surface area contributed by atoms with E-state index in [0.717, 1.165) is 23.3 Å². The lowest BCUT2D eigenvalue weighted by molar-refractivity contribution is -0.137. The van der Waals surface area contributed by atoms with E-state index in [2.05, 4.69) is 0 Å². The van der Waals surface area contributed by atoms with Gasteiger partial charge in [-0.05, 0) is 55.2 Å². The molecule has 1 unspecified atom stereocenters. The molecule has 1 aliphatic heterocycles. The number of ketones is 1. The maximum absolute atomic E-state index is 14.0. The lowest BCUT2D eigenvalue weighted by Crippen LogP contribution is -2.52. The highest BCUT2D eigenvalue weighted by Gasteiger charge is 2.46. The number of Topliss-reactive ketones (excluding diaryl/α,β-unsaturated/α-hetero) is 1. The Bertz CT molecular complexity index is 1480. The fraction of sp³-hybridized carbons (Fsp3) is 0.370. The lowest BCUT2D eigenvalue weighted by atomic mass is 9.83. The van der Waals surface area contributed by atoms with Gasteiger partial charge in [-0.3, -0.25) is 9.69 Å². The van der Waals surface area contributed by atoms with Crippen molar-refractivity contribution in [1.82, 2.24) is 4.90 Å². The van der Waals surface area contributed by atoms with Crippen LogP contribution in [0.4, 0.5) is 23.7 Å². The third-order valence-corrected chi connectivity index (χ3v) is 7.89. The van der Waals surface area contributed by atoms with E-state index in [-0.39, 0.29) is 58.1 Å². The highest BCUT2D eigenvalue weighted by Crippen LogP contribution is 2.46. The number of alkyl halides is 3. The largest absolute Gasteiger partial charge is 0.416 e. The van der Waals surface area contributed by atoms with Crippen LogP contribution in [0.15, 0.2) is 58.6 Å². The van der Waals surface area contributed by atoms with Crippen molar-refractivity contribution >= 4 is 27.3 Å². The molecule has 0 radical (unpaired) electrons. The molecule has 0 aromatic heterocycles. The van der Waals surface area contributed by atoms with E-state index in [4.69, 9.17) is 0 Å². The third kappa shape index (κ3) is 5.05. The fourth-order valence-corrected chi connectivity index (χ4v) is 5.96. The number of nitrogens with zero attached hydrogens (tertiary/aromatic N) is 3. The molecule has 200 valence electrons. The third-order valence-electron chi connectivity index (χ3n) is 6.74. The molecule has 0 saturated heterocycles. The summed E-state index contributed by atoms with van der Waals surface area (Å²) in [5.74, 6) is -0.300. The van der Waals surface area contributed by atoms with E-state index in [1.807, 2.05) is 13.0 Å². The van der Waals surface area contributed by atoms with Crippen molar-refractivity contribution in [2.75, 3.05) is 17.7 Å². The van der Waals surface area contributed by atoms with Gasteiger partial charge in [-0.2, -0.15) is 18.4 Å². The molecule has 0 fully saturated rings. The van der Waals surface area contributed by atoms with E-state index in [1.165, 1.54) is 35.2 Å². The number of unbranched alkanes of at least 4 members (excludes halogenated alkanes) is 1. The Kier molecular flexibility index (Phi) is 7.39. The highest BCUT2D eigenvalue weighted by molar-refractivity contribution is 7.90. The monoisotopic (exact) mass is 545 g/mol. The van der Waals surface area contributed by atoms with E-state index >= 15 is 0 Å². The Balaban J connectivity index is 2.02. The van der Waals surface area contributed by atoms with Crippen molar-refractivity contribution in [2.45, 2.75) is 56.1 Å². The van der Waals surface area contributed by atoms with Gasteiger partial charge in [0.05, 0.1) is 33.8 Å². The lowest BCUT2D eigenvalue weighted by Gasteiger charge is -2.45. The van der Waals surface area contributed by atoms with E-state index in [1.54, 1.807) is 0 Å². The average Bonchev–Trinajstić information content (AvgIpc) is 2.86. The van der Waals surface area contributed by atoms with E-state index in [9.17, 15) is 36.4 Å². The quantitative estimate of drug-likeness (QED) is 0.459. The molecule has 2 aromatic carbocycles. The molecule has 1 heterocycles. The molecule has 2 aliphatic rings. The number of sulfone groups is 1. The summed E-state index contributed by atoms with van der Waals surface area (Å²) >= 11 is 0. The summed E-state index contributed by atoms with van der Waals surface area (Å²) in [6, 6.07) is 8.69. The van der Waals surface area contributed by atoms with E-state index in [0.29, 0.717) is 19.3 Å². The summed E-state index contributed by atoms with van der Waals surface area (Å²) in [6.45, 7) is 2.04. The molecule has 11 heteroatoms. The molecule has 0 spiro atoms. The smallest absolute Gasteiger partial charge is 0.313 e. The Morgan fingerprint density at radius 2 is 1.84 bits per heavy atom. The number of urea groups is 1. The maximum atomic E-state index is 14.0. The topological polar surface area (TPSA) is 98.5 Å². The second-order valence-electron chi connectivity index (χ2n) is 9.39. The SMILES string of the molecule is CCCCN1C(=O)N(c2cccc(C(F)(F)F)c2)C2=C(C(=O)CCC2)C1c1ccc(C#N)cc1S(C)(=O)=O. The summed E-state index contributed by atoms with van der Waals surface area (Å²) in [4.78, 5) is 29.8. The van der Waals surface area contributed by atoms with Gasteiger partial charge in [0.15, 0.2) is 15.6 Å². The number of nitriles is 1. The second-order valence-corrected chi connectivity index (χ2v) is 11.4. The number of allylic oxidation sites excluding steroid dienone is 1. The predicted molar refractivity (Wildman–Crippen MR) is 134 cm³/mol. The van der Waals surface area contributed by atoms with Crippen LogP contribution in [0.2, 0.25) is 0 Å². The van der Waals surface area contributed by atoms with Gasteiger partial charge < -0.3 is 4.90 Å². The fourth-order valence-electron chi connectivity index (χ4n) is 5.01. The molecule has 0 saturated carbocycles. The maximum Gasteiger partial charge on any atom is 0.416 e. The first-order valence-corrected chi connectivity index (χ1v) is 14.1. The predicted octanol–water partition coefficient (Wildman–Crippen LogP) is 5.77. The van der Waals surface area contributed by atoms with Crippen molar-refractivity contribution in [3.63, 3.8) is 0 Å². The van der Waals surface area contributed by atoms with Crippen LogP contribution < -0.4 is 4.90 Å². The molecule has 38 heavy (non-hydrogen) atoms. The van der Waals surface area contributed by atoms with Crippen LogP contribution in [0.3, 0.4) is 0 Å². The summed E-state index contributed by atoms with van der Waals surface area (Å²) in [5.41, 5.74) is -0.199.